The molecule has 1 fully saturated rings. The van der Waals surface area contributed by atoms with E-state index in [2.05, 4.69) is 5.32 Å². The van der Waals surface area contributed by atoms with Gasteiger partial charge in [-0.05, 0) is 39.0 Å². The Bertz CT molecular complexity index is 602. The summed E-state index contributed by atoms with van der Waals surface area (Å²) in [6.07, 6.45) is 2.42. The van der Waals surface area contributed by atoms with Gasteiger partial charge in [0.2, 0.25) is 5.91 Å². The summed E-state index contributed by atoms with van der Waals surface area (Å²) >= 11 is 1.15. The van der Waals surface area contributed by atoms with Crippen LogP contribution in [-0.2, 0) is 16.1 Å². The summed E-state index contributed by atoms with van der Waals surface area (Å²) < 4.78 is 1.63. The van der Waals surface area contributed by atoms with Crippen molar-refractivity contribution in [2.45, 2.75) is 51.6 Å². The molecule has 2 N–H and O–H groups in total. The van der Waals surface area contributed by atoms with Crippen LogP contribution in [0.25, 0.3) is 0 Å². The van der Waals surface area contributed by atoms with Gasteiger partial charge in [-0.15, -0.1) is 0 Å². The van der Waals surface area contributed by atoms with Crippen LogP contribution in [0.1, 0.15) is 38.3 Å². The molecule has 1 amide bonds. The van der Waals surface area contributed by atoms with Crippen molar-refractivity contribution >= 4 is 23.2 Å². The molecule has 1 saturated carbocycles. The minimum absolute atomic E-state index is 0.0266. The van der Waals surface area contributed by atoms with Crippen molar-refractivity contribution in [3.8, 4) is 0 Å². The van der Waals surface area contributed by atoms with E-state index in [9.17, 15) is 19.5 Å². The van der Waals surface area contributed by atoms with Gasteiger partial charge in [0.15, 0.2) is 0 Å². The van der Waals surface area contributed by atoms with Gasteiger partial charge in [0, 0.05) is 24.0 Å². The van der Waals surface area contributed by atoms with Crippen molar-refractivity contribution in [2.24, 2.45) is 5.92 Å². The fourth-order valence-corrected chi connectivity index (χ4v) is 3.18. The molecule has 2 rings (SSSR count). The topological polar surface area (TPSA) is 88.4 Å². The Labute approximate surface area is 126 Å². The maximum Gasteiger partial charge on any atom is 0.329 e. The zero-order chi connectivity index (χ0) is 15.6. The van der Waals surface area contributed by atoms with Crippen molar-refractivity contribution in [2.75, 3.05) is 0 Å². The van der Waals surface area contributed by atoms with E-state index in [0.717, 1.165) is 29.9 Å². The van der Waals surface area contributed by atoms with Gasteiger partial charge in [-0.3, -0.25) is 9.59 Å². The number of carbonyl (C=O) groups is 2. The van der Waals surface area contributed by atoms with Crippen LogP contribution < -0.4 is 10.2 Å². The smallest absolute Gasteiger partial charge is 0.329 e. The number of carbonyl (C=O) groups excluding carboxylic acids is 1. The molecule has 0 radical (unpaired) electrons. The Morgan fingerprint density at radius 1 is 1.52 bits per heavy atom. The van der Waals surface area contributed by atoms with E-state index in [4.69, 9.17) is 0 Å². The van der Waals surface area contributed by atoms with E-state index in [1.165, 1.54) is 0 Å². The Morgan fingerprint density at radius 2 is 2.19 bits per heavy atom. The van der Waals surface area contributed by atoms with Gasteiger partial charge in [-0.25, -0.2) is 4.79 Å². The van der Waals surface area contributed by atoms with Gasteiger partial charge in [-0.1, -0.05) is 11.3 Å². The third-order valence-corrected chi connectivity index (χ3v) is 4.88. The van der Waals surface area contributed by atoms with Crippen molar-refractivity contribution in [1.82, 2.24) is 9.88 Å². The van der Waals surface area contributed by atoms with Crippen molar-refractivity contribution in [3.63, 3.8) is 0 Å². The number of aliphatic carboxylic acids is 1. The van der Waals surface area contributed by atoms with E-state index in [-0.39, 0.29) is 23.1 Å². The second kappa shape index (κ2) is 6.01. The molecule has 7 heteroatoms. The van der Waals surface area contributed by atoms with Crippen LogP contribution in [-0.4, -0.2) is 27.1 Å². The highest BCUT2D eigenvalue weighted by molar-refractivity contribution is 7.07. The van der Waals surface area contributed by atoms with E-state index in [0.29, 0.717) is 13.0 Å². The number of aryl methyl sites for hydroxylation is 1. The second-order valence-corrected chi connectivity index (χ2v) is 6.55. The predicted octanol–water partition coefficient (Wildman–Crippen LogP) is 1.37. The predicted molar refractivity (Wildman–Crippen MR) is 79.5 cm³/mol. The normalized spacial score (nSPS) is 17.2. The standard InChI is InChI=1S/C14H20N2O4S/c1-9-8-21-13(20)16(9)7-3-4-11(17)15-14(2,12(18)19)10-5-6-10/h8,10H,3-7H2,1-2H3,(H,15,17)(H,18,19). The molecule has 1 aliphatic carbocycles. The fourth-order valence-electron chi connectivity index (χ4n) is 2.42. The lowest BCUT2D eigenvalue weighted by molar-refractivity contribution is -0.147. The summed E-state index contributed by atoms with van der Waals surface area (Å²) in [6.45, 7) is 3.90. The highest BCUT2D eigenvalue weighted by atomic mass is 32.1. The summed E-state index contributed by atoms with van der Waals surface area (Å²) in [4.78, 5) is 34.8. The molecule has 0 saturated heterocycles. The molecular weight excluding hydrogens is 292 g/mol. The lowest BCUT2D eigenvalue weighted by atomic mass is 9.95. The van der Waals surface area contributed by atoms with Gasteiger partial charge in [0.1, 0.15) is 5.54 Å². The number of amides is 1. The van der Waals surface area contributed by atoms with Crippen LogP contribution in [0.2, 0.25) is 0 Å². The summed E-state index contributed by atoms with van der Waals surface area (Å²) in [5, 5.41) is 13.7. The average molecular weight is 312 g/mol. The minimum atomic E-state index is -1.16. The van der Waals surface area contributed by atoms with E-state index >= 15 is 0 Å². The Balaban J connectivity index is 1.85. The monoisotopic (exact) mass is 312 g/mol. The van der Waals surface area contributed by atoms with Crippen LogP contribution in [0.15, 0.2) is 10.2 Å². The third kappa shape index (κ3) is 3.53. The summed E-state index contributed by atoms with van der Waals surface area (Å²) in [7, 11) is 0. The molecule has 1 aromatic heterocycles. The van der Waals surface area contributed by atoms with E-state index in [1.54, 1.807) is 16.9 Å². The number of hydrogen-bond acceptors (Lipinski definition) is 4. The summed E-state index contributed by atoms with van der Waals surface area (Å²) in [6, 6.07) is 0. The number of rotatable bonds is 7. The fraction of sp³-hybridized carbons (Fsp3) is 0.643. The van der Waals surface area contributed by atoms with Gasteiger partial charge >= 0.3 is 10.8 Å². The first-order chi connectivity index (χ1) is 9.84. The van der Waals surface area contributed by atoms with Gasteiger partial charge in [0.05, 0.1) is 0 Å². The summed E-state index contributed by atoms with van der Waals surface area (Å²) in [5.74, 6) is -1.23. The highest BCUT2D eigenvalue weighted by Gasteiger charge is 2.48. The molecule has 1 aromatic rings. The molecule has 6 nitrogen and oxygen atoms in total. The highest BCUT2D eigenvalue weighted by Crippen LogP contribution is 2.39. The molecule has 1 heterocycles. The van der Waals surface area contributed by atoms with Gasteiger partial charge in [0.25, 0.3) is 0 Å². The Hall–Kier alpha value is -1.63. The average Bonchev–Trinajstić information content (AvgIpc) is 3.20. The van der Waals surface area contributed by atoms with Crippen LogP contribution >= 0.6 is 11.3 Å². The molecule has 0 spiro atoms. The van der Waals surface area contributed by atoms with Crippen LogP contribution in [0.4, 0.5) is 0 Å². The quantitative estimate of drug-likeness (QED) is 0.796. The SMILES string of the molecule is Cc1csc(=O)n1CCCC(=O)NC(C)(C(=O)O)C1CC1. The van der Waals surface area contributed by atoms with E-state index < -0.39 is 11.5 Å². The molecule has 0 aliphatic heterocycles. The Kier molecular flexibility index (Phi) is 4.51. The zero-order valence-corrected chi connectivity index (χ0v) is 13.0. The van der Waals surface area contributed by atoms with Crippen molar-refractivity contribution in [3.05, 3.63) is 20.7 Å². The number of nitrogens with one attached hydrogen (secondary N) is 1. The first-order valence-corrected chi connectivity index (χ1v) is 7.92. The van der Waals surface area contributed by atoms with Gasteiger partial charge in [-0.2, -0.15) is 0 Å². The summed E-state index contributed by atoms with van der Waals surface area (Å²) in [5.41, 5.74) is -0.273. The number of aromatic nitrogens is 1. The second-order valence-electron chi connectivity index (χ2n) is 5.73. The molecule has 1 aliphatic rings. The van der Waals surface area contributed by atoms with Crippen LogP contribution in [0, 0.1) is 12.8 Å². The molecule has 1 unspecified atom stereocenters. The van der Waals surface area contributed by atoms with Crippen LogP contribution in [0.3, 0.4) is 0 Å². The largest absolute Gasteiger partial charge is 0.480 e. The third-order valence-electron chi connectivity index (χ3n) is 4.00. The number of thiazole rings is 1. The first kappa shape index (κ1) is 15.8. The molecular formula is C14H20N2O4S. The molecule has 116 valence electrons. The Morgan fingerprint density at radius 3 is 2.67 bits per heavy atom. The van der Waals surface area contributed by atoms with Gasteiger partial charge < -0.3 is 15.0 Å². The first-order valence-electron chi connectivity index (χ1n) is 7.04. The number of nitrogens with zero attached hydrogens (tertiary/aromatic N) is 1. The molecule has 21 heavy (non-hydrogen) atoms. The van der Waals surface area contributed by atoms with E-state index in [1.807, 2.05) is 6.92 Å². The minimum Gasteiger partial charge on any atom is -0.480 e. The maximum atomic E-state index is 11.9. The molecule has 0 bridgehead atoms. The van der Waals surface area contributed by atoms with Crippen molar-refractivity contribution in [1.29, 1.82) is 0 Å². The number of carboxylic acids is 1. The van der Waals surface area contributed by atoms with Crippen molar-refractivity contribution < 1.29 is 14.7 Å². The lowest BCUT2D eigenvalue weighted by Gasteiger charge is -2.26. The number of carboxylic acid groups (broad SMARTS) is 1. The maximum absolute atomic E-state index is 11.9. The van der Waals surface area contributed by atoms with Crippen LogP contribution in [0.5, 0.6) is 0 Å². The lowest BCUT2D eigenvalue weighted by Crippen LogP contribution is -2.54. The zero-order valence-electron chi connectivity index (χ0n) is 12.2. The number of hydrogen-bond donors (Lipinski definition) is 2. The molecule has 0 aromatic carbocycles. The molecule has 1 atom stereocenters.